The molecule has 11 heteroatoms. The van der Waals surface area contributed by atoms with Crippen LogP contribution in [0.4, 0.5) is 4.79 Å². The van der Waals surface area contributed by atoms with Gasteiger partial charge in [0.15, 0.2) is 6.10 Å². The first kappa shape index (κ1) is 56.1. The first-order chi connectivity index (χ1) is 28.4. The fourth-order valence-corrected chi connectivity index (χ4v) is 7.09. The Balaban J connectivity index is 4.67. The molecule has 346 valence electrons. The first-order valence-corrected chi connectivity index (χ1v) is 24.2. The summed E-state index contributed by atoms with van der Waals surface area (Å²) in [6.07, 6.45) is 34.7. The Morgan fingerprint density at radius 1 is 0.525 bits per heavy atom. The number of hydrogen-bond acceptors (Lipinski definition) is 8. The monoisotopic (exact) mass is 839 g/mol. The van der Waals surface area contributed by atoms with E-state index in [9.17, 15) is 29.1 Å². The number of carboxylic acids is 1. The number of carbonyl (C=O) groups is 5. The van der Waals surface area contributed by atoms with E-state index in [0.717, 1.165) is 38.5 Å². The second-order valence-electron chi connectivity index (χ2n) is 17.7. The van der Waals surface area contributed by atoms with Crippen molar-refractivity contribution in [3.63, 3.8) is 0 Å². The molecule has 0 radical (unpaired) electrons. The molecular formula is C48H90N2O9. The maximum atomic E-state index is 13.0. The molecule has 0 aliphatic heterocycles. The summed E-state index contributed by atoms with van der Waals surface area (Å²) in [5, 5.41) is 14.2. The van der Waals surface area contributed by atoms with E-state index in [4.69, 9.17) is 14.2 Å². The van der Waals surface area contributed by atoms with Gasteiger partial charge in [0.05, 0.1) is 13.0 Å². The zero-order valence-corrected chi connectivity index (χ0v) is 38.6. The Morgan fingerprint density at radius 2 is 0.881 bits per heavy atom. The third-order valence-corrected chi connectivity index (χ3v) is 10.6. The number of amides is 2. The van der Waals surface area contributed by atoms with Crippen LogP contribution >= 0.6 is 0 Å². The fraction of sp³-hybridized carbons (Fsp3) is 0.896. The van der Waals surface area contributed by atoms with Crippen LogP contribution in [-0.2, 0) is 33.4 Å². The Bertz CT molecular complexity index is 1060. The number of esters is 2. The highest BCUT2D eigenvalue weighted by Crippen LogP contribution is 2.16. The number of carbonyl (C=O) groups excluding carboxylic acids is 4. The smallest absolute Gasteiger partial charge is 0.408 e. The van der Waals surface area contributed by atoms with Gasteiger partial charge in [0.1, 0.15) is 18.2 Å². The summed E-state index contributed by atoms with van der Waals surface area (Å²) in [7, 11) is 0. The second kappa shape index (κ2) is 39.3. The molecule has 0 saturated carbocycles. The molecule has 0 spiro atoms. The van der Waals surface area contributed by atoms with E-state index in [1.54, 1.807) is 20.8 Å². The van der Waals surface area contributed by atoms with Crippen molar-refractivity contribution in [1.82, 2.24) is 10.6 Å². The number of hydrogen-bond donors (Lipinski definition) is 3. The molecule has 2 unspecified atom stereocenters. The van der Waals surface area contributed by atoms with E-state index >= 15 is 0 Å². The minimum Gasteiger partial charge on any atom is -0.481 e. The lowest BCUT2D eigenvalue weighted by atomic mass is 10.0. The second-order valence-corrected chi connectivity index (χ2v) is 17.7. The van der Waals surface area contributed by atoms with Crippen LogP contribution in [0.1, 0.15) is 247 Å². The van der Waals surface area contributed by atoms with Crippen LogP contribution < -0.4 is 10.6 Å². The lowest BCUT2D eigenvalue weighted by Crippen LogP contribution is -2.51. The van der Waals surface area contributed by atoms with Gasteiger partial charge in [-0.15, -0.1) is 0 Å². The molecule has 2 atom stereocenters. The molecule has 11 nitrogen and oxygen atoms in total. The van der Waals surface area contributed by atoms with Crippen molar-refractivity contribution < 1.29 is 43.3 Å². The van der Waals surface area contributed by atoms with Crippen LogP contribution in [0.5, 0.6) is 0 Å². The predicted octanol–water partition coefficient (Wildman–Crippen LogP) is 12.4. The number of aliphatic carboxylic acids is 1. The Kier molecular flexibility index (Phi) is 37.4. The fourth-order valence-electron chi connectivity index (χ4n) is 7.09. The highest BCUT2D eigenvalue weighted by Gasteiger charge is 2.28. The van der Waals surface area contributed by atoms with Gasteiger partial charge in [-0.3, -0.25) is 19.2 Å². The van der Waals surface area contributed by atoms with Crippen molar-refractivity contribution >= 4 is 29.9 Å². The van der Waals surface area contributed by atoms with Crippen molar-refractivity contribution in [2.45, 2.75) is 264 Å². The predicted molar refractivity (Wildman–Crippen MR) is 238 cm³/mol. The van der Waals surface area contributed by atoms with Crippen molar-refractivity contribution in [1.29, 1.82) is 0 Å². The summed E-state index contributed by atoms with van der Waals surface area (Å²) in [4.78, 5) is 62.3. The summed E-state index contributed by atoms with van der Waals surface area (Å²) in [6.45, 7) is 8.99. The van der Waals surface area contributed by atoms with Gasteiger partial charge in [-0.25, -0.2) is 4.79 Å². The molecule has 0 aliphatic rings. The van der Waals surface area contributed by atoms with Gasteiger partial charge < -0.3 is 30.0 Å². The normalized spacial score (nSPS) is 12.4. The third kappa shape index (κ3) is 40.3. The van der Waals surface area contributed by atoms with E-state index in [1.165, 1.54) is 141 Å². The molecule has 0 bridgehead atoms. The maximum absolute atomic E-state index is 13.0. The molecule has 0 rings (SSSR count). The van der Waals surface area contributed by atoms with E-state index in [1.807, 2.05) is 0 Å². The molecule has 0 aromatic rings. The van der Waals surface area contributed by atoms with Gasteiger partial charge in [-0.1, -0.05) is 194 Å². The van der Waals surface area contributed by atoms with Gasteiger partial charge in [0.2, 0.25) is 5.91 Å². The zero-order valence-electron chi connectivity index (χ0n) is 38.6. The molecule has 2 amide bonds. The minimum absolute atomic E-state index is 0.206. The van der Waals surface area contributed by atoms with Gasteiger partial charge in [-0.2, -0.15) is 0 Å². The van der Waals surface area contributed by atoms with Crippen molar-refractivity contribution in [3.05, 3.63) is 0 Å². The van der Waals surface area contributed by atoms with Gasteiger partial charge in [-0.05, 0) is 33.6 Å². The number of ether oxygens (including phenoxy) is 3. The van der Waals surface area contributed by atoms with Crippen LogP contribution in [0.3, 0.4) is 0 Å². The molecule has 0 aromatic carbocycles. The summed E-state index contributed by atoms with van der Waals surface area (Å²) in [5.74, 6) is -2.93. The lowest BCUT2D eigenvalue weighted by Gasteiger charge is -2.23. The van der Waals surface area contributed by atoms with E-state index in [0.29, 0.717) is 12.8 Å². The van der Waals surface area contributed by atoms with Gasteiger partial charge >= 0.3 is 24.0 Å². The van der Waals surface area contributed by atoms with E-state index in [-0.39, 0.29) is 26.0 Å². The molecule has 3 N–H and O–H groups in total. The van der Waals surface area contributed by atoms with Crippen LogP contribution in [0, 0.1) is 0 Å². The quantitative estimate of drug-likeness (QED) is 0.0310. The average molecular weight is 839 g/mol. The highest BCUT2D eigenvalue weighted by molar-refractivity contribution is 5.89. The van der Waals surface area contributed by atoms with Gasteiger partial charge in [0.25, 0.3) is 0 Å². The minimum atomic E-state index is -1.42. The summed E-state index contributed by atoms with van der Waals surface area (Å²) >= 11 is 0. The van der Waals surface area contributed by atoms with Crippen LogP contribution in [0.2, 0.25) is 0 Å². The average Bonchev–Trinajstić information content (AvgIpc) is 3.17. The largest absolute Gasteiger partial charge is 0.481 e. The van der Waals surface area contributed by atoms with E-state index in [2.05, 4.69) is 24.5 Å². The molecule has 0 aliphatic carbocycles. The summed E-state index contributed by atoms with van der Waals surface area (Å²) < 4.78 is 16.3. The molecule has 0 fully saturated rings. The summed E-state index contributed by atoms with van der Waals surface area (Å²) in [5.41, 5.74) is -0.851. The molecule has 0 aromatic heterocycles. The van der Waals surface area contributed by atoms with Crippen LogP contribution in [0.25, 0.3) is 0 Å². The zero-order chi connectivity index (χ0) is 43.8. The number of carboxylic acid groups (broad SMARTS) is 1. The molecule has 0 heterocycles. The Morgan fingerprint density at radius 3 is 1.24 bits per heavy atom. The Hall–Kier alpha value is -2.85. The molecule has 59 heavy (non-hydrogen) atoms. The standard InChI is InChI=1S/C48H90N2O9/c1-6-8-10-12-14-16-18-20-22-24-26-28-30-32-34-36-44(53)57-40-41(39-49-46(55)42(38-43(51)52)50-47(56)59-48(3,4)5)58-45(54)37-35-33-31-29-27-25-23-21-19-17-15-13-11-9-7-2/h41-42H,6-40H2,1-5H3,(H,49,55)(H,50,56)(H,51,52). The maximum Gasteiger partial charge on any atom is 0.408 e. The summed E-state index contributed by atoms with van der Waals surface area (Å²) in [6, 6.07) is -1.42. The van der Waals surface area contributed by atoms with Crippen LogP contribution in [-0.4, -0.2) is 65.9 Å². The topological polar surface area (TPSA) is 157 Å². The number of nitrogens with one attached hydrogen (secondary N) is 2. The lowest BCUT2D eigenvalue weighted by molar-refractivity contribution is -0.159. The number of alkyl carbamates (subject to hydrolysis) is 1. The molecule has 0 saturated heterocycles. The van der Waals surface area contributed by atoms with Gasteiger partial charge in [0, 0.05) is 12.8 Å². The Labute approximate surface area is 360 Å². The number of unbranched alkanes of at least 4 members (excludes halogenated alkanes) is 28. The van der Waals surface area contributed by atoms with Crippen LogP contribution in [0.15, 0.2) is 0 Å². The molecular weight excluding hydrogens is 749 g/mol. The van der Waals surface area contributed by atoms with Crippen molar-refractivity contribution in [2.75, 3.05) is 13.2 Å². The van der Waals surface area contributed by atoms with E-state index < -0.39 is 54.1 Å². The van der Waals surface area contributed by atoms with Crippen molar-refractivity contribution in [3.8, 4) is 0 Å². The first-order valence-electron chi connectivity index (χ1n) is 24.2. The SMILES string of the molecule is CCCCCCCCCCCCCCCCCC(=O)OCC(CNC(=O)C(CC(=O)O)NC(=O)OC(C)(C)C)OC(=O)CCCCCCCCCCCCCCCCC. The van der Waals surface area contributed by atoms with Crippen molar-refractivity contribution in [2.24, 2.45) is 0 Å². The third-order valence-electron chi connectivity index (χ3n) is 10.6. The highest BCUT2D eigenvalue weighted by atomic mass is 16.6. The number of rotatable bonds is 41.